The quantitative estimate of drug-likeness (QED) is 0.764. The minimum Gasteiger partial charge on any atom is -0.396 e. The maximum Gasteiger partial charge on any atom is 0.243 e. The van der Waals surface area contributed by atoms with E-state index in [4.69, 9.17) is 10.4 Å². The van der Waals surface area contributed by atoms with Crippen molar-refractivity contribution in [3.63, 3.8) is 0 Å². The Morgan fingerprint density at radius 1 is 1.41 bits per heavy atom. The normalized spacial score (nSPS) is 13.1. The summed E-state index contributed by atoms with van der Waals surface area (Å²) >= 11 is 0. The molecule has 1 aromatic carbocycles. The predicted octanol–water partition coefficient (Wildman–Crippen LogP) is 2.02. The Labute approximate surface area is 130 Å². The number of aliphatic hydroxyl groups is 1. The molecule has 22 heavy (non-hydrogen) atoms. The minimum atomic E-state index is -3.98. The van der Waals surface area contributed by atoms with E-state index >= 15 is 0 Å². The molecule has 1 atom stereocenters. The molecule has 2 N–H and O–H groups in total. The molecule has 0 aliphatic carbocycles. The smallest absolute Gasteiger partial charge is 0.243 e. The molecule has 0 saturated carbocycles. The average Bonchev–Trinajstić information content (AvgIpc) is 2.44. The highest BCUT2D eigenvalue weighted by Crippen LogP contribution is 2.18. The zero-order valence-corrected chi connectivity index (χ0v) is 13.5. The van der Waals surface area contributed by atoms with E-state index < -0.39 is 20.7 Å². The zero-order chi connectivity index (χ0) is 16.8. The average molecular weight is 328 g/mol. The third-order valence-corrected chi connectivity index (χ3v) is 4.71. The van der Waals surface area contributed by atoms with Crippen molar-refractivity contribution >= 4 is 10.0 Å². The van der Waals surface area contributed by atoms with Crippen LogP contribution in [0.15, 0.2) is 23.1 Å². The van der Waals surface area contributed by atoms with Crippen molar-refractivity contribution in [3.05, 3.63) is 29.6 Å². The van der Waals surface area contributed by atoms with Crippen molar-refractivity contribution in [2.75, 3.05) is 13.2 Å². The Morgan fingerprint density at radius 2 is 2.09 bits per heavy atom. The number of hydrogen-bond acceptors (Lipinski definition) is 4. The number of halogens is 1. The summed E-state index contributed by atoms with van der Waals surface area (Å²) in [5, 5.41) is 17.7. The largest absolute Gasteiger partial charge is 0.396 e. The molecule has 0 saturated heterocycles. The first-order valence-electron chi connectivity index (χ1n) is 7.10. The second kappa shape index (κ2) is 8.22. The van der Waals surface area contributed by atoms with E-state index in [1.807, 2.05) is 13.8 Å². The second-order valence-electron chi connectivity index (χ2n) is 5.62. The Morgan fingerprint density at radius 3 is 2.59 bits per heavy atom. The molecule has 0 spiro atoms. The van der Waals surface area contributed by atoms with Gasteiger partial charge in [0.05, 0.1) is 11.6 Å². The number of nitriles is 1. The van der Waals surface area contributed by atoms with Crippen LogP contribution in [0.25, 0.3) is 0 Å². The molecule has 0 aromatic heterocycles. The van der Waals surface area contributed by atoms with Gasteiger partial charge in [0.2, 0.25) is 10.0 Å². The van der Waals surface area contributed by atoms with E-state index in [9.17, 15) is 12.8 Å². The predicted molar refractivity (Wildman–Crippen MR) is 81.0 cm³/mol. The van der Waals surface area contributed by atoms with Crippen LogP contribution in [0, 0.1) is 29.0 Å². The van der Waals surface area contributed by atoms with Crippen molar-refractivity contribution in [3.8, 4) is 6.07 Å². The third-order valence-electron chi connectivity index (χ3n) is 3.25. The number of benzene rings is 1. The maximum atomic E-state index is 13.8. The lowest BCUT2D eigenvalue weighted by Crippen LogP contribution is -2.31. The molecular weight excluding hydrogens is 307 g/mol. The van der Waals surface area contributed by atoms with E-state index in [1.165, 1.54) is 6.07 Å². The first-order valence-corrected chi connectivity index (χ1v) is 8.58. The van der Waals surface area contributed by atoms with Crippen molar-refractivity contribution in [2.45, 2.75) is 31.6 Å². The van der Waals surface area contributed by atoms with E-state index in [0.717, 1.165) is 18.6 Å². The molecule has 0 aliphatic heterocycles. The van der Waals surface area contributed by atoms with Crippen molar-refractivity contribution in [1.29, 1.82) is 5.26 Å². The Bertz CT molecular complexity index is 639. The Hall–Kier alpha value is -1.49. The van der Waals surface area contributed by atoms with Gasteiger partial charge in [-0.2, -0.15) is 5.26 Å². The molecule has 7 heteroatoms. The van der Waals surface area contributed by atoms with Crippen molar-refractivity contribution < 1.29 is 17.9 Å². The highest BCUT2D eigenvalue weighted by atomic mass is 32.2. The fourth-order valence-electron chi connectivity index (χ4n) is 2.25. The van der Waals surface area contributed by atoms with Crippen LogP contribution in [0.3, 0.4) is 0 Å². The molecule has 1 rings (SSSR count). The van der Waals surface area contributed by atoms with Gasteiger partial charge in [0.15, 0.2) is 0 Å². The number of aliphatic hydroxyl groups excluding tert-OH is 1. The fourth-order valence-corrected chi connectivity index (χ4v) is 3.42. The molecule has 0 fully saturated rings. The third kappa shape index (κ3) is 5.37. The molecule has 0 heterocycles. The summed E-state index contributed by atoms with van der Waals surface area (Å²) in [5.74, 6) is -0.594. The van der Waals surface area contributed by atoms with Gasteiger partial charge in [-0.15, -0.1) is 0 Å². The summed E-state index contributed by atoms with van der Waals surface area (Å²) in [6.07, 6.45) is 1.25. The van der Waals surface area contributed by atoms with Crippen molar-refractivity contribution in [2.24, 2.45) is 11.8 Å². The number of sulfonamides is 1. The van der Waals surface area contributed by atoms with Gasteiger partial charge in [0.1, 0.15) is 10.7 Å². The van der Waals surface area contributed by atoms with Crippen LogP contribution in [0.5, 0.6) is 0 Å². The minimum absolute atomic E-state index is 0.0128. The van der Waals surface area contributed by atoms with Crippen LogP contribution < -0.4 is 4.72 Å². The van der Waals surface area contributed by atoms with Crippen LogP contribution in [0.2, 0.25) is 0 Å². The SMILES string of the molecule is CC(C)CC(CCO)CNS(=O)(=O)c1ccc(C#N)cc1F. The van der Waals surface area contributed by atoms with Crippen LogP contribution >= 0.6 is 0 Å². The zero-order valence-electron chi connectivity index (χ0n) is 12.7. The summed E-state index contributed by atoms with van der Waals surface area (Å²) in [6, 6.07) is 4.99. The lowest BCUT2D eigenvalue weighted by molar-refractivity contribution is 0.243. The van der Waals surface area contributed by atoms with Gasteiger partial charge in [-0.3, -0.25) is 0 Å². The summed E-state index contributed by atoms with van der Waals surface area (Å²) in [7, 11) is -3.98. The fraction of sp³-hybridized carbons (Fsp3) is 0.533. The van der Waals surface area contributed by atoms with Gasteiger partial charge in [-0.25, -0.2) is 17.5 Å². The first kappa shape index (κ1) is 18.6. The number of hydrogen-bond donors (Lipinski definition) is 2. The van der Waals surface area contributed by atoms with Gasteiger partial charge >= 0.3 is 0 Å². The molecule has 0 bridgehead atoms. The van der Waals surface area contributed by atoms with E-state index in [1.54, 1.807) is 6.07 Å². The topological polar surface area (TPSA) is 90.2 Å². The van der Waals surface area contributed by atoms with E-state index in [0.29, 0.717) is 12.3 Å². The van der Waals surface area contributed by atoms with Crippen LogP contribution in [-0.4, -0.2) is 26.7 Å². The molecule has 122 valence electrons. The van der Waals surface area contributed by atoms with Crippen LogP contribution in [0.4, 0.5) is 4.39 Å². The van der Waals surface area contributed by atoms with Gasteiger partial charge in [-0.05, 0) is 42.9 Å². The summed E-state index contributed by atoms with van der Waals surface area (Å²) in [6.45, 7) is 4.14. The summed E-state index contributed by atoms with van der Waals surface area (Å²) in [5.41, 5.74) is 0.0643. The number of nitrogens with zero attached hydrogens (tertiary/aromatic N) is 1. The van der Waals surface area contributed by atoms with Gasteiger partial charge in [-0.1, -0.05) is 13.8 Å². The summed E-state index contributed by atoms with van der Waals surface area (Å²) in [4.78, 5) is -0.473. The molecule has 0 aliphatic rings. The molecule has 1 unspecified atom stereocenters. The lowest BCUT2D eigenvalue weighted by atomic mass is 9.95. The highest BCUT2D eigenvalue weighted by Gasteiger charge is 2.21. The van der Waals surface area contributed by atoms with Gasteiger partial charge in [0.25, 0.3) is 0 Å². The Balaban J connectivity index is 2.84. The standard InChI is InChI=1S/C15H21FN2O3S/c1-11(2)7-13(5-6-19)10-18-22(20,21)15-4-3-12(9-17)8-14(15)16/h3-4,8,11,13,18-19H,5-7,10H2,1-2H3. The maximum absolute atomic E-state index is 13.8. The lowest BCUT2D eigenvalue weighted by Gasteiger charge is -2.18. The van der Waals surface area contributed by atoms with Crippen molar-refractivity contribution in [1.82, 2.24) is 4.72 Å². The number of nitrogens with one attached hydrogen (secondary N) is 1. The van der Waals surface area contributed by atoms with Crippen LogP contribution in [-0.2, 0) is 10.0 Å². The molecule has 0 radical (unpaired) electrons. The summed E-state index contributed by atoms with van der Waals surface area (Å²) < 4.78 is 40.5. The van der Waals surface area contributed by atoms with Gasteiger partial charge < -0.3 is 5.11 Å². The second-order valence-corrected chi connectivity index (χ2v) is 7.35. The molecular formula is C15H21FN2O3S. The molecule has 0 amide bonds. The van der Waals surface area contributed by atoms with E-state index in [2.05, 4.69) is 4.72 Å². The van der Waals surface area contributed by atoms with Gasteiger partial charge in [0, 0.05) is 13.2 Å². The monoisotopic (exact) mass is 328 g/mol. The molecule has 1 aromatic rings. The van der Waals surface area contributed by atoms with E-state index in [-0.39, 0.29) is 24.6 Å². The van der Waals surface area contributed by atoms with Crippen LogP contribution in [0.1, 0.15) is 32.3 Å². The number of rotatable bonds is 8. The first-order chi connectivity index (χ1) is 10.3. The highest BCUT2D eigenvalue weighted by molar-refractivity contribution is 7.89. The Kier molecular flexibility index (Phi) is 6.94. The molecule has 5 nitrogen and oxygen atoms in total.